The average Bonchev–Trinajstić information content (AvgIpc) is 2.53. The highest BCUT2D eigenvalue weighted by Gasteiger charge is 2.21. The molecule has 1 atom stereocenters. The summed E-state index contributed by atoms with van der Waals surface area (Å²) in [4.78, 5) is 12.3. The third-order valence-corrected chi connectivity index (χ3v) is 4.87. The molecule has 0 unspecified atom stereocenters. The molecular weight excluding hydrogens is 348 g/mol. The van der Waals surface area contributed by atoms with Crippen LogP contribution in [0, 0.1) is 0 Å². The van der Waals surface area contributed by atoms with Crippen molar-refractivity contribution in [3.05, 3.63) is 65.2 Å². The van der Waals surface area contributed by atoms with Crippen molar-refractivity contribution in [2.24, 2.45) is 0 Å². The number of carbonyl (C=O) groups is 1. The van der Waals surface area contributed by atoms with Gasteiger partial charge in [-0.2, -0.15) is 0 Å². The summed E-state index contributed by atoms with van der Waals surface area (Å²) in [5.41, 5.74) is 1.34. The number of nitrogens with zero attached hydrogens (tertiary/aromatic N) is 1. The van der Waals surface area contributed by atoms with Crippen molar-refractivity contribution in [2.75, 3.05) is 17.1 Å². The van der Waals surface area contributed by atoms with Crippen LogP contribution in [0.5, 0.6) is 0 Å². The molecule has 1 amide bonds. The number of nitrogens with one attached hydrogen (secondary N) is 1. The Labute approximate surface area is 147 Å². The summed E-state index contributed by atoms with van der Waals surface area (Å²) in [6.07, 6.45) is 1.06. The number of halogens is 1. The zero-order valence-corrected chi connectivity index (χ0v) is 15.0. The summed E-state index contributed by atoms with van der Waals surface area (Å²) < 4.78 is 25.1. The normalized spacial score (nSPS) is 12.5. The number of hydrogen-bond acceptors (Lipinski definition) is 3. The van der Waals surface area contributed by atoms with Crippen molar-refractivity contribution in [2.45, 2.75) is 13.0 Å². The van der Waals surface area contributed by atoms with Gasteiger partial charge in [0, 0.05) is 5.02 Å². The van der Waals surface area contributed by atoms with Crippen LogP contribution in [-0.4, -0.2) is 27.1 Å². The van der Waals surface area contributed by atoms with Crippen LogP contribution in [0.1, 0.15) is 18.5 Å². The highest BCUT2D eigenvalue weighted by atomic mass is 35.5. The Bertz CT molecular complexity index is 792. The molecule has 0 fully saturated rings. The van der Waals surface area contributed by atoms with Gasteiger partial charge < -0.3 is 5.32 Å². The Morgan fingerprint density at radius 2 is 1.71 bits per heavy atom. The van der Waals surface area contributed by atoms with Crippen LogP contribution < -0.4 is 9.62 Å². The Hall–Kier alpha value is -2.05. The van der Waals surface area contributed by atoms with Gasteiger partial charge in [-0.15, -0.1) is 0 Å². The highest BCUT2D eigenvalue weighted by Crippen LogP contribution is 2.20. The summed E-state index contributed by atoms with van der Waals surface area (Å²) in [5.74, 6) is -0.383. The lowest BCUT2D eigenvalue weighted by Gasteiger charge is -2.23. The third-order valence-electron chi connectivity index (χ3n) is 3.48. The summed E-state index contributed by atoms with van der Waals surface area (Å²) in [5, 5.41) is 3.30. The molecule has 0 spiro atoms. The van der Waals surface area contributed by atoms with Gasteiger partial charge in [-0.1, -0.05) is 41.9 Å². The van der Waals surface area contributed by atoms with Gasteiger partial charge in [-0.05, 0) is 36.8 Å². The number of sulfonamides is 1. The van der Waals surface area contributed by atoms with Gasteiger partial charge in [0.1, 0.15) is 6.54 Å². The quantitative estimate of drug-likeness (QED) is 0.854. The van der Waals surface area contributed by atoms with Crippen molar-refractivity contribution in [1.82, 2.24) is 5.32 Å². The lowest BCUT2D eigenvalue weighted by molar-refractivity contribution is -0.120. The van der Waals surface area contributed by atoms with Gasteiger partial charge in [-0.3, -0.25) is 9.10 Å². The summed E-state index contributed by atoms with van der Waals surface area (Å²) in [6.45, 7) is 1.55. The van der Waals surface area contributed by atoms with Crippen molar-refractivity contribution in [3.8, 4) is 0 Å². The molecule has 0 radical (unpaired) electrons. The maximum absolute atomic E-state index is 12.3. The number of anilines is 1. The number of rotatable bonds is 6. The minimum absolute atomic E-state index is 0.217. The molecule has 0 aliphatic rings. The minimum atomic E-state index is -3.60. The van der Waals surface area contributed by atoms with Crippen LogP contribution in [0.3, 0.4) is 0 Å². The van der Waals surface area contributed by atoms with Gasteiger partial charge >= 0.3 is 0 Å². The maximum atomic E-state index is 12.3. The predicted octanol–water partition coefficient (Wildman–Crippen LogP) is 2.98. The Balaban J connectivity index is 2.12. The molecule has 2 aromatic carbocycles. The molecule has 1 N–H and O–H groups in total. The van der Waals surface area contributed by atoms with Crippen LogP contribution >= 0.6 is 11.6 Å². The van der Waals surface area contributed by atoms with E-state index in [9.17, 15) is 13.2 Å². The second kappa shape index (κ2) is 7.68. The van der Waals surface area contributed by atoms with Crippen LogP contribution in [-0.2, 0) is 14.8 Å². The standard InChI is InChI=1S/C17H19ClN2O3S/c1-13(14-6-4-3-5-7-14)19-17(21)12-20(24(2,22)23)16-10-8-15(18)9-11-16/h3-11,13H,12H2,1-2H3,(H,19,21)/t13-/m0/s1. The second-order valence-corrected chi connectivity index (χ2v) is 7.79. The zero-order chi connectivity index (χ0) is 17.7. The first-order chi connectivity index (χ1) is 11.3. The smallest absolute Gasteiger partial charge is 0.241 e. The van der Waals surface area contributed by atoms with Crippen LogP contribution in [0.2, 0.25) is 5.02 Å². The Kier molecular flexibility index (Phi) is 5.85. The van der Waals surface area contributed by atoms with E-state index in [4.69, 9.17) is 11.6 Å². The summed E-state index contributed by atoms with van der Waals surface area (Å²) >= 11 is 5.83. The monoisotopic (exact) mass is 366 g/mol. The number of hydrogen-bond donors (Lipinski definition) is 1. The summed E-state index contributed by atoms with van der Waals surface area (Å²) in [7, 11) is -3.60. The van der Waals surface area contributed by atoms with Crippen LogP contribution in [0.25, 0.3) is 0 Å². The van der Waals surface area contributed by atoms with Crippen molar-refractivity contribution >= 4 is 33.2 Å². The first kappa shape index (κ1) is 18.3. The van der Waals surface area contributed by atoms with Crippen molar-refractivity contribution in [3.63, 3.8) is 0 Å². The van der Waals surface area contributed by atoms with E-state index in [-0.39, 0.29) is 18.5 Å². The largest absolute Gasteiger partial charge is 0.348 e. The van der Waals surface area contributed by atoms with E-state index in [1.165, 1.54) is 0 Å². The maximum Gasteiger partial charge on any atom is 0.241 e. The molecule has 0 aliphatic carbocycles. The molecule has 0 aromatic heterocycles. The first-order valence-corrected chi connectivity index (χ1v) is 9.57. The van der Waals surface area contributed by atoms with Crippen molar-refractivity contribution in [1.29, 1.82) is 0 Å². The SMILES string of the molecule is C[C@H](NC(=O)CN(c1ccc(Cl)cc1)S(C)(=O)=O)c1ccccc1. The topological polar surface area (TPSA) is 66.5 Å². The van der Waals surface area contributed by atoms with Gasteiger partial charge in [0.25, 0.3) is 0 Å². The molecule has 0 bridgehead atoms. The molecule has 7 heteroatoms. The molecule has 24 heavy (non-hydrogen) atoms. The van der Waals surface area contributed by atoms with E-state index < -0.39 is 10.0 Å². The Morgan fingerprint density at radius 1 is 1.12 bits per heavy atom. The molecule has 2 rings (SSSR count). The summed E-state index contributed by atoms with van der Waals surface area (Å²) in [6, 6.07) is 15.5. The zero-order valence-electron chi connectivity index (χ0n) is 13.4. The molecular formula is C17H19ClN2O3S. The fourth-order valence-corrected chi connectivity index (χ4v) is 3.23. The molecule has 2 aromatic rings. The number of amides is 1. The first-order valence-electron chi connectivity index (χ1n) is 7.35. The van der Waals surface area contributed by atoms with E-state index >= 15 is 0 Å². The number of carbonyl (C=O) groups excluding carboxylic acids is 1. The average molecular weight is 367 g/mol. The van der Waals surface area contributed by atoms with Gasteiger partial charge in [0.2, 0.25) is 15.9 Å². The predicted molar refractivity (Wildman–Crippen MR) is 96.6 cm³/mol. The molecule has 0 saturated heterocycles. The fraction of sp³-hybridized carbons (Fsp3) is 0.235. The molecule has 0 saturated carbocycles. The highest BCUT2D eigenvalue weighted by molar-refractivity contribution is 7.92. The fourth-order valence-electron chi connectivity index (χ4n) is 2.25. The van der Waals surface area contributed by atoms with Gasteiger partial charge in [-0.25, -0.2) is 8.42 Å². The molecule has 5 nitrogen and oxygen atoms in total. The molecule has 0 heterocycles. The lowest BCUT2D eigenvalue weighted by atomic mass is 10.1. The van der Waals surface area contributed by atoms with Crippen LogP contribution in [0.4, 0.5) is 5.69 Å². The van der Waals surface area contributed by atoms with E-state index in [1.54, 1.807) is 24.3 Å². The van der Waals surface area contributed by atoms with Crippen LogP contribution in [0.15, 0.2) is 54.6 Å². The lowest BCUT2D eigenvalue weighted by Crippen LogP contribution is -2.41. The van der Waals surface area contributed by atoms with E-state index in [0.29, 0.717) is 10.7 Å². The third kappa shape index (κ3) is 4.97. The Morgan fingerprint density at radius 3 is 2.25 bits per heavy atom. The minimum Gasteiger partial charge on any atom is -0.348 e. The van der Waals surface area contributed by atoms with E-state index in [2.05, 4.69) is 5.32 Å². The van der Waals surface area contributed by atoms with Gasteiger partial charge in [0.05, 0.1) is 18.0 Å². The van der Waals surface area contributed by atoms with E-state index in [0.717, 1.165) is 16.1 Å². The number of benzene rings is 2. The molecule has 128 valence electrons. The van der Waals surface area contributed by atoms with Crippen molar-refractivity contribution < 1.29 is 13.2 Å². The van der Waals surface area contributed by atoms with E-state index in [1.807, 2.05) is 37.3 Å². The van der Waals surface area contributed by atoms with Gasteiger partial charge in [0.15, 0.2) is 0 Å². The second-order valence-electron chi connectivity index (χ2n) is 5.45. The molecule has 0 aliphatic heterocycles.